The number of hydrogen-bond donors (Lipinski definition) is 1. The highest BCUT2D eigenvalue weighted by atomic mass is 16.1. The van der Waals surface area contributed by atoms with Crippen molar-refractivity contribution >= 4 is 0 Å². The molecule has 3 rings (SSSR count). The lowest BCUT2D eigenvalue weighted by atomic mass is 10.1. The van der Waals surface area contributed by atoms with E-state index in [2.05, 4.69) is 4.98 Å². The van der Waals surface area contributed by atoms with Gasteiger partial charge in [-0.25, -0.2) is 4.79 Å². The third-order valence-corrected chi connectivity index (χ3v) is 3.14. The first-order chi connectivity index (χ1) is 9.27. The second-order valence-electron chi connectivity index (χ2n) is 4.44. The highest BCUT2D eigenvalue weighted by molar-refractivity contribution is 5.64. The molecule has 94 valence electrons. The standard InChI is InChI=1S/C16H14N2O/c1-12-15(13-8-4-2-5-9-13)18(16(19)17-12)14-10-6-3-7-11-14/h2-11H,1H3,(H,17,19). The van der Waals surface area contributed by atoms with E-state index in [0.717, 1.165) is 22.6 Å². The molecule has 19 heavy (non-hydrogen) atoms. The van der Waals surface area contributed by atoms with E-state index < -0.39 is 0 Å². The molecule has 0 atom stereocenters. The molecule has 2 aromatic carbocycles. The Hall–Kier alpha value is -2.55. The third kappa shape index (κ3) is 1.99. The van der Waals surface area contributed by atoms with Gasteiger partial charge in [-0.05, 0) is 19.1 Å². The minimum absolute atomic E-state index is 0.109. The van der Waals surface area contributed by atoms with Crippen LogP contribution in [-0.4, -0.2) is 9.55 Å². The zero-order valence-corrected chi connectivity index (χ0v) is 10.6. The molecule has 0 aliphatic carbocycles. The van der Waals surface area contributed by atoms with Crippen molar-refractivity contribution in [1.29, 1.82) is 0 Å². The topological polar surface area (TPSA) is 37.8 Å². The maximum absolute atomic E-state index is 12.1. The summed E-state index contributed by atoms with van der Waals surface area (Å²) < 4.78 is 1.71. The summed E-state index contributed by atoms with van der Waals surface area (Å²) in [7, 11) is 0. The number of aromatic amines is 1. The minimum atomic E-state index is -0.109. The normalized spacial score (nSPS) is 10.6. The quantitative estimate of drug-likeness (QED) is 0.745. The summed E-state index contributed by atoms with van der Waals surface area (Å²) in [4.78, 5) is 15.0. The molecule has 0 saturated carbocycles. The average molecular weight is 250 g/mol. The molecule has 0 spiro atoms. The molecular formula is C16H14N2O. The van der Waals surface area contributed by atoms with Crippen LogP contribution in [-0.2, 0) is 0 Å². The molecule has 0 amide bonds. The number of imidazole rings is 1. The summed E-state index contributed by atoms with van der Waals surface area (Å²) in [5.74, 6) is 0. The van der Waals surface area contributed by atoms with Gasteiger partial charge in [-0.1, -0.05) is 48.5 Å². The van der Waals surface area contributed by atoms with Gasteiger partial charge < -0.3 is 4.98 Å². The van der Waals surface area contributed by atoms with E-state index >= 15 is 0 Å². The smallest absolute Gasteiger partial charge is 0.309 e. The third-order valence-electron chi connectivity index (χ3n) is 3.14. The van der Waals surface area contributed by atoms with Crippen LogP contribution in [0.4, 0.5) is 0 Å². The Morgan fingerprint density at radius 2 is 1.47 bits per heavy atom. The number of benzene rings is 2. The SMILES string of the molecule is Cc1[nH]c(=O)n(-c2ccccc2)c1-c1ccccc1. The molecule has 0 bridgehead atoms. The minimum Gasteiger partial charge on any atom is -0.309 e. The molecule has 0 aliphatic heterocycles. The van der Waals surface area contributed by atoms with Crippen molar-refractivity contribution in [2.45, 2.75) is 6.92 Å². The predicted molar refractivity (Wildman–Crippen MR) is 76.6 cm³/mol. The molecule has 3 nitrogen and oxygen atoms in total. The fourth-order valence-electron chi connectivity index (χ4n) is 2.31. The molecular weight excluding hydrogens is 236 g/mol. The monoisotopic (exact) mass is 250 g/mol. The van der Waals surface area contributed by atoms with Crippen LogP contribution in [0.25, 0.3) is 16.9 Å². The highest BCUT2D eigenvalue weighted by Crippen LogP contribution is 2.23. The maximum atomic E-state index is 12.1. The average Bonchev–Trinajstić information content (AvgIpc) is 2.75. The summed E-state index contributed by atoms with van der Waals surface area (Å²) >= 11 is 0. The molecule has 0 saturated heterocycles. The van der Waals surface area contributed by atoms with Crippen LogP contribution in [0.15, 0.2) is 65.5 Å². The van der Waals surface area contributed by atoms with E-state index in [1.807, 2.05) is 67.6 Å². The van der Waals surface area contributed by atoms with Crippen LogP contribution in [0.5, 0.6) is 0 Å². The number of aromatic nitrogens is 2. The Morgan fingerprint density at radius 1 is 0.895 bits per heavy atom. The number of H-pyrrole nitrogens is 1. The molecule has 3 aromatic rings. The van der Waals surface area contributed by atoms with E-state index in [-0.39, 0.29) is 5.69 Å². The van der Waals surface area contributed by atoms with Crippen LogP contribution in [0.3, 0.4) is 0 Å². The lowest BCUT2D eigenvalue weighted by Crippen LogP contribution is -2.15. The fourth-order valence-corrected chi connectivity index (χ4v) is 2.31. The Labute approximate surface area is 111 Å². The lowest BCUT2D eigenvalue weighted by Gasteiger charge is -2.08. The van der Waals surface area contributed by atoms with E-state index in [9.17, 15) is 4.79 Å². The van der Waals surface area contributed by atoms with Crippen LogP contribution < -0.4 is 5.69 Å². The molecule has 0 aliphatic rings. The van der Waals surface area contributed by atoms with Crippen molar-refractivity contribution in [3.05, 3.63) is 76.8 Å². The number of rotatable bonds is 2. The predicted octanol–water partition coefficient (Wildman–Crippen LogP) is 3.14. The Bertz CT molecular complexity index is 739. The first-order valence-corrected chi connectivity index (χ1v) is 6.20. The van der Waals surface area contributed by atoms with Gasteiger partial charge in [0.2, 0.25) is 0 Å². The van der Waals surface area contributed by atoms with Gasteiger partial charge in [-0.3, -0.25) is 4.57 Å². The van der Waals surface area contributed by atoms with Crippen LogP contribution in [0, 0.1) is 6.92 Å². The van der Waals surface area contributed by atoms with E-state index in [1.165, 1.54) is 0 Å². The Kier molecular flexibility index (Phi) is 2.80. The van der Waals surface area contributed by atoms with Gasteiger partial charge in [0.15, 0.2) is 0 Å². The largest absolute Gasteiger partial charge is 0.330 e. The summed E-state index contributed by atoms with van der Waals surface area (Å²) in [6.07, 6.45) is 0. The second kappa shape index (κ2) is 4.61. The highest BCUT2D eigenvalue weighted by Gasteiger charge is 2.13. The fraction of sp³-hybridized carbons (Fsp3) is 0.0625. The van der Waals surface area contributed by atoms with Crippen LogP contribution >= 0.6 is 0 Å². The molecule has 1 heterocycles. The van der Waals surface area contributed by atoms with E-state index in [1.54, 1.807) is 4.57 Å². The van der Waals surface area contributed by atoms with Crippen molar-refractivity contribution < 1.29 is 0 Å². The molecule has 1 aromatic heterocycles. The molecule has 1 N–H and O–H groups in total. The molecule has 0 unspecified atom stereocenters. The second-order valence-corrected chi connectivity index (χ2v) is 4.44. The first kappa shape index (κ1) is 11.5. The maximum Gasteiger partial charge on any atom is 0.330 e. The van der Waals surface area contributed by atoms with Crippen LogP contribution in [0.1, 0.15) is 5.69 Å². The summed E-state index contributed by atoms with van der Waals surface area (Å²) in [6, 6.07) is 19.6. The van der Waals surface area contributed by atoms with Crippen molar-refractivity contribution in [3.63, 3.8) is 0 Å². The van der Waals surface area contributed by atoms with Gasteiger partial charge in [-0.2, -0.15) is 0 Å². The number of aryl methyl sites for hydroxylation is 1. The number of para-hydroxylation sites is 1. The van der Waals surface area contributed by atoms with Gasteiger partial charge in [0.1, 0.15) is 0 Å². The van der Waals surface area contributed by atoms with Gasteiger partial charge >= 0.3 is 5.69 Å². The first-order valence-electron chi connectivity index (χ1n) is 6.20. The lowest BCUT2D eigenvalue weighted by molar-refractivity contribution is 0.992. The van der Waals surface area contributed by atoms with Crippen molar-refractivity contribution in [1.82, 2.24) is 9.55 Å². The number of hydrogen-bond acceptors (Lipinski definition) is 1. The summed E-state index contributed by atoms with van der Waals surface area (Å²) in [5, 5.41) is 0. The number of nitrogens with one attached hydrogen (secondary N) is 1. The summed E-state index contributed by atoms with van der Waals surface area (Å²) in [6.45, 7) is 1.92. The van der Waals surface area contributed by atoms with E-state index in [4.69, 9.17) is 0 Å². The van der Waals surface area contributed by atoms with E-state index in [0.29, 0.717) is 0 Å². The van der Waals surface area contributed by atoms with Gasteiger partial charge in [0.05, 0.1) is 11.4 Å². The van der Waals surface area contributed by atoms with Gasteiger partial charge in [0.25, 0.3) is 0 Å². The molecule has 0 radical (unpaired) electrons. The van der Waals surface area contributed by atoms with Crippen molar-refractivity contribution in [2.24, 2.45) is 0 Å². The summed E-state index contributed by atoms with van der Waals surface area (Å²) in [5.41, 5.74) is 3.58. The van der Waals surface area contributed by atoms with Gasteiger partial charge in [0, 0.05) is 11.3 Å². The molecule has 3 heteroatoms. The zero-order chi connectivity index (χ0) is 13.2. The van der Waals surface area contributed by atoms with Gasteiger partial charge in [-0.15, -0.1) is 0 Å². The molecule has 0 fully saturated rings. The number of nitrogens with zero attached hydrogens (tertiary/aromatic N) is 1. The zero-order valence-electron chi connectivity index (χ0n) is 10.6. The van der Waals surface area contributed by atoms with Crippen LogP contribution in [0.2, 0.25) is 0 Å². The van der Waals surface area contributed by atoms with Crippen molar-refractivity contribution in [2.75, 3.05) is 0 Å². The Morgan fingerprint density at radius 3 is 2.11 bits per heavy atom. The van der Waals surface area contributed by atoms with Crippen molar-refractivity contribution in [3.8, 4) is 16.9 Å². The Balaban J connectivity index is 2.30.